The van der Waals surface area contributed by atoms with Gasteiger partial charge in [-0.1, -0.05) is 66.1 Å². The second kappa shape index (κ2) is 12.1. The topological polar surface area (TPSA) is 52.6 Å². The number of rotatable bonds is 8. The highest BCUT2D eigenvalue weighted by molar-refractivity contribution is 9.10. The first-order valence-electron chi connectivity index (χ1n) is 9.68. The van der Waals surface area contributed by atoms with Crippen molar-refractivity contribution in [3.05, 3.63) is 69.7 Å². The van der Waals surface area contributed by atoms with Crippen LogP contribution in [0.3, 0.4) is 0 Å². The van der Waals surface area contributed by atoms with Gasteiger partial charge in [0.25, 0.3) is 0 Å². The van der Waals surface area contributed by atoms with Gasteiger partial charge in [0.15, 0.2) is 0 Å². The van der Waals surface area contributed by atoms with Gasteiger partial charge in [-0.2, -0.15) is 0 Å². The molecule has 0 N–H and O–H groups in total. The summed E-state index contributed by atoms with van der Waals surface area (Å²) in [6.45, 7) is 2.19. The monoisotopic (exact) mass is 456 g/mol. The van der Waals surface area contributed by atoms with Crippen LogP contribution in [0.15, 0.2) is 53.0 Å². The van der Waals surface area contributed by atoms with E-state index < -0.39 is 18.0 Å². The van der Waals surface area contributed by atoms with Crippen LogP contribution in [0.25, 0.3) is 0 Å². The fraction of sp³-hybridized carbons (Fsp3) is 0.333. The van der Waals surface area contributed by atoms with Crippen LogP contribution in [0, 0.1) is 11.8 Å². The first-order chi connectivity index (χ1) is 14.0. The molecule has 0 heterocycles. The summed E-state index contributed by atoms with van der Waals surface area (Å²) in [5.41, 5.74) is 1.73. The summed E-state index contributed by atoms with van der Waals surface area (Å²) in [7, 11) is 1.26. The average Bonchev–Trinajstić information content (AvgIpc) is 2.75. The molecular formula is C24H25BrO4. The summed E-state index contributed by atoms with van der Waals surface area (Å²) >= 11 is 3.34. The number of benzene rings is 2. The third-order valence-corrected chi connectivity index (χ3v) is 4.85. The van der Waals surface area contributed by atoms with Crippen molar-refractivity contribution >= 4 is 27.9 Å². The van der Waals surface area contributed by atoms with Gasteiger partial charge in [0, 0.05) is 22.0 Å². The summed E-state index contributed by atoms with van der Waals surface area (Å²) in [6.07, 6.45) is 4.52. The second-order valence-corrected chi connectivity index (χ2v) is 7.47. The molecule has 0 aromatic heterocycles. The summed E-state index contributed by atoms with van der Waals surface area (Å²) in [5, 5.41) is 0. The van der Waals surface area contributed by atoms with Crippen LogP contribution in [0.2, 0.25) is 0 Å². The van der Waals surface area contributed by atoms with Crippen LogP contribution in [0.5, 0.6) is 0 Å². The first-order valence-corrected chi connectivity index (χ1v) is 10.5. The zero-order chi connectivity index (χ0) is 21.1. The molecule has 0 bridgehead atoms. The number of esters is 2. The van der Waals surface area contributed by atoms with Crippen LogP contribution >= 0.6 is 15.9 Å². The third kappa shape index (κ3) is 7.40. The number of ether oxygens (including phenoxy) is 2. The Morgan fingerprint density at radius 1 is 1.00 bits per heavy atom. The number of carbonyl (C=O) groups excluding carboxylic acids is 2. The van der Waals surface area contributed by atoms with Crippen molar-refractivity contribution in [2.75, 3.05) is 7.11 Å². The second-order valence-electron chi connectivity index (χ2n) is 6.55. The first kappa shape index (κ1) is 22.7. The van der Waals surface area contributed by atoms with Gasteiger partial charge in [0.05, 0.1) is 12.7 Å². The molecule has 0 spiro atoms. The van der Waals surface area contributed by atoms with E-state index in [1.165, 1.54) is 26.4 Å². The summed E-state index contributed by atoms with van der Waals surface area (Å²) in [5.74, 6) is 5.04. The molecule has 0 aliphatic carbocycles. The van der Waals surface area contributed by atoms with Crippen LogP contribution < -0.4 is 0 Å². The number of hydrogen-bond acceptors (Lipinski definition) is 4. The third-order valence-electron chi connectivity index (χ3n) is 4.32. The Morgan fingerprint density at radius 2 is 1.69 bits per heavy atom. The smallest absolute Gasteiger partial charge is 0.351 e. The largest absolute Gasteiger partial charge is 0.466 e. The summed E-state index contributed by atoms with van der Waals surface area (Å²) in [6, 6.07) is 13.8. The minimum atomic E-state index is -1.12. The molecule has 1 atom stereocenters. The molecule has 0 fully saturated rings. The normalized spacial score (nSPS) is 11.1. The van der Waals surface area contributed by atoms with Crippen molar-refractivity contribution in [2.45, 2.75) is 45.1 Å². The van der Waals surface area contributed by atoms with Crippen molar-refractivity contribution in [3.8, 4) is 11.8 Å². The van der Waals surface area contributed by atoms with Crippen molar-refractivity contribution in [1.29, 1.82) is 0 Å². The molecule has 0 radical (unpaired) electrons. The molecule has 2 aromatic carbocycles. The minimum absolute atomic E-state index is 0.351. The molecule has 0 saturated carbocycles. The molecule has 0 aliphatic heterocycles. The molecule has 0 saturated heterocycles. The maximum atomic E-state index is 12.5. The van der Waals surface area contributed by atoms with E-state index in [-0.39, 0.29) is 0 Å². The van der Waals surface area contributed by atoms with Crippen LogP contribution in [0.4, 0.5) is 0 Å². The summed E-state index contributed by atoms with van der Waals surface area (Å²) in [4.78, 5) is 24.6. The molecule has 5 heteroatoms. The lowest BCUT2D eigenvalue weighted by Crippen LogP contribution is -2.21. The average molecular weight is 457 g/mol. The Labute approximate surface area is 180 Å². The minimum Gasteiger partial charge on any atom is -0.466 e. The van der Waals surface area contributed by atoms with Gasteiger partial charge in [-0.3, -0.25) is 0 Å². The zero-order valence-electron chi connectivity index (χ0n) is 16.7. The van der Waals surface area contributed by atoms with E-state index in [0.717, 1.165) is 22.9 Å². The number of unbranched alkanes of at least 4 members (excludes halogenated alkanes) is 4. The highest BCUT2D eigenvalue weighted by Gasteiger charge is 2.26. The van der Waals surface area contributed by atoms with E-state index >= 15 is 0 Å². The van der Waals surface area contributed by atoms with Crippen LogP contribution in [-0.2, 0) is 14.3 Å². The van der Waals surface area contributed by atoms with Gasteiger partial charge >= 0.3 is 11.9 Å². The Bertz CT molecular complexity index is 860. The highest BCUT2D eigenvalue weighted by Crippen LogP contribution is 2.23. The van der Waals surface area contributed by atoms with E-state index in [0.29, 0.717) is 11.1 Å². The molecule has 2 aromatic rings. The Balaban J connectivity index is 2.02. The van der Waals surface area contributed by atoms with Gasteiger partial charge in [-0.05, 0) is 42.8 Å². The standard InChI is InChI=1S/C24H25BrO4/c1-3-4-5-6-7-8-9-18-10-12-20(13-11-18)23(26)29-22(24(27)28-2)19-14-16-21(25)17-15-19/h10-17,22H,3-7H2,1-2H3. The van der Waals surface area contributed by atoms with Gasteiger partial charge in [0.2, 0.25) is 6.10 Å². The quantitative estimate of drug-likeness (QED) is 0.284. The lowest BCUT2D eigenvalue weighted by molar-refractivity contribution is -0.151. The fourth-order valence-corrected chi connectivity index (χ4v) is 2.93. The fourth-order valence-electron chi connectivity index (χ4n) is 2.67. The summed E-state index contributed by atoms with van der Waals surface area (Å²) < 4.78 is 11.1. The predicted octanol–water partition coefficient (Wildman–Crippen LogP) is 5.84. The van der Waals surface area contributed by atoms with Crippen LogP contribution in [-0.4, -0.2) is 19.0 Å². The van der Waals surface area contributed by atoms with Crippen molar-refractivity contribution in [2.24, 2.45) is 0 Å². The van der Waals surface area contributed by atoms with Crippen molar-refractivity contribution in [1.82, 2.24) is 0 Å². The van der Waals surface area contributed by atoms with Crippen molar-refractivity contribution in [3.63, 3.8) is 0 Å². The lowest BCUT2D eigenvalue weighted by Gasteiger charge is -2.16. The van der Waals surface area contributed by atoms with E-state index in [1.807, 2.05) is 0 Å². The van der Waals surface area contributed by atoms with E-state index in [9.17, 15) is 9.59 Å². The predicted molar refractivity (Wildman–Crippen MR) is 116 cm³/mol. The highest BCUT2D eigenvalue weighted by atomic mass is 79.9. The number of halogens is 1. The maximum Gasteiger partial charge on any atom is 0.351 e. The van der Waals surface area contributed by atoms with Crippen LogP contribution in [0.1, 0.15) is 66.6 Å². The molecule has 4 nitrogen and oxygen atoms in total. The molecule has 2 rings (SSSR count). The van der Waals surface area contributed by atoms with E-state index in [4.69, 9.17) is 9.47 Å². The molecule has 152 valence electrons. The van der Waals surface area contributed by atoms with E-state index in [2.05, 4.69) is 34.7 Å². The van der Waals surface area contributed by atoms with Gasteiger partial charge < -0.3 is 9.47 Å². The van der Waals surface area contributed by atoms with E-state index in [1.54, 1.807) is 48.5 Å². The number of carbonyl (C=O) groups is 2. The maximum absolute atomic E-state index is 12.5. The molecule has 0 amide bonds. The van der Waals surface area contributed by atoms with Gasteiger partial charge in [-0.25, -0.2) is 9.59 Å². The lowest BCUT2D eigenvalue weighted by atomic mass is 10.1. The molecule has 0 aliphatic rings. The molecule has 29 heavy (non-hydrogen) atoms. The molecular weight excluding hydrogens is 432 g/mol. The zero-order valence-corrected chi connectivity index (χ0v) is 18.3. The van der Waals surface area contributed by atoms with Gasteiger partial charge in [0.1, 0.15) is 0 Å². The Morgan fingerprint density at radius 3 is 2.31 bits per heavy atom. The number of methoxy groups -OCH3 is 1. The number of hydrogen-bond donors (Lipinski definition) is 0. The van der Waals surface area contributed by atoms with Gasteiger partial charge in [-0.15, -0.1) is 0 Å². The SMILES string of the molecule is CCCCCCC#Cc1ccc(C(=O)OC(C(=O)OC)c2ccc(Br)cc2)cc1. The molecule has 1 unspecified atom stereocenters. The Kier molecular flexibility index (Phi) is 9.46. The Hall–Kier alpha value is -2.58. The van der Waals surface area contributed by atoms with Crippen molar-refractivity contribution < 1.29 is 19.1 Å².